The third-order valence-electron chi connectivity index (χ3n) is 3.86. The summed E-state index contributed by atoms with van der Waals surface area (Å²) < 4.78 is 0. The SMILES string of the molecule is CC(C)N1CC(C(=O)NCc2ccc(C(N)=O)cc2)CC1=O. The number of carbonyl (C=O) groups excluding carboxylic acids is 3. The van der Waals surface area contributed by atoms with Gasteiger partial charge in [0.2, 0.25) is 17.7 Å². The van der Waals surface area contributed by atoms with Crippen molar-refractivity contribution in [1.29, 1.82) is 0 Å². The summed E-state index contributed by atoms with van der Waals surface area (Å²) >= 11 is 0. The smallest absolute Gasteiger partial charge is 0.248 e. The zero-order chi connectivity index (χ0) is 16.3. The molecule has 3 N–H and O–H groups in total. The Balaban J connectivity index is 1.88. The van der Waals surface area contributed by atoms with E-state index in [1.165, 1.54) is 0 Å². The van der Waals surface area contributed by atoms with Crippen LogP contribution in [0.5, 0.6) is 0 Å². The number of nitrogens with zero attached hydrogens (tertiary/aromatic N) is 1. The van der Waals surface area contributed by atoms with Gasteiger partial charge in [-0.15, -0.1) is 0 Å². The third kappa shape index (κ3) is 3.63. The molecule has 1 fully saturated rings. The van der Waals surface area contributed by atoms with Gasteiger partial charge in [-0.3, -0.25) is 14.4 Å². The van der Waals surface area contributed by atoms with Crippen LogP contribution in [0.3, 0.4) is 0 Å². The molecule has 1 aliphatic rings. The molecule has 1 aliphatic heterocycles. The molecule has 1 aromatic carbocycles. The third-order valence-corrected chi connectivity index (χ3v) is 3.86. The lowest BCUT2D eigenvalue weighted by atomic mass is 10.1. The summed E-state index contributed by atoms with van der Waals surface area (Å²) in [6, 6.07) is 6.88. The Labute approximate surface area is 129 Å². The summed E-state index contributed by atoms with van der Waals surface area (Å²) in [4.78, 5) is 36.7. The van der Waals surface area contributed by atoms with Crippen LogP contribution in [0.15, 0.2) is 24.3 Å². The average Bonchev–Trinajstić information content (AvgIpc) is 2.87. The Morgan fingerprint density at radius 3 is 2.45 bits per heavy atom. The highest BCUT2D eigenvalue weighted by atomic mass is 16.2. The van der Waals surface area contributed by atoms with Crippen molar-refractivity contribution in [3.63, 3.8) is 0 Å². The Hall–Kier alpha value is -2.37. The lowest BCUT2D eigenvalue weighted by Gasteiger charge is -2.20. The summed E-state index contributed by atoms with van der Waals surface area (Å²) in [5.41, 5.74) is 6.49. The lowest BCUT2D eigenvalue weighted by molar-refractivity contribution is -0.130. The van der Waals surface area contributed by atoms with E-state index >= 15 is 0 Å². The molecule has 0 aromatic heterocycles. The van der Waals surface area contributed by atoms with E-state index in [-0.39, 0.29) is 30.2 Å². The molecule has 1 atom stereocenters. The van der Waals surface area contributed by atoms with E-state index in [1.807, 2.05) is 13.8 Å². The minimum absolute atomic E-state index is 0.0287. The maximum absolute atomic E-state index is 12.1. The fourth-order valence-electron chi connectivity index (χ4n) is 2.53. The molecular formula is C16H21N3O3. The number of hydrogen-bond donors (Lipinski definition) is 2. The molecule has 118 valence electrons. The number of rotatable bonds is 5. The number of nitrogens with two attached hydrogens (primary N) is 1. The summed E-state index contributed by atoms with van der Waals surface area (Å²) in [5, 5.41) is 2.84. The maximum Gasteiger partial charge on any atom is 0.248 e. The van der Waals surface area contributed by atoms with Crippen LogP contribution < -0.4 is 11.1 Å². The highest BCUT2D eigenvalue weighted by Crippen LogP contribution is 2.20. The van der Waals surface area contributed by atoms with Gasteiger partial charge >= 0.3 is 0 Å². The molecule has 2 rings (SSSR count). The highest BCUT2D eigenvalue weighted by molar-refractivity contribution is 5.92. The van der Waals surface area contributed by atoms with Gasteiger partial charge in [-0.2, -0.15) is 0 Å². The van der Waals surface area contributed by atoms with Crippen LogP contribution >= 0.6 is 0 Å². The molecule has 0 aliphatic carbocycles. The van der Waals surface area contributed by atoms with Crippen molar-refractivity contribution in [2.24, 2.45) is 11.7 Å². The van der Waals surface area contributed by atoms with Gasteiger partial charge in [0, 0.05) is 31.1 Å². The normalized spacial score (nSPS) is 17.9. The Morgan fingerprint density at radius 2 is 1.95 bits per heavy atom. The van der Waals surface area contributed by atoms with Gasteiger partial charge in [0.05, 0.1) is 5.92 Å². The van der Waals surface area contributed by atoms with Crippen LogP contribution in [0.1, 0.15) is 36.2 Å². The van der Waals surface area contributed by atoms with E-state index in [0.717, 1.165) is 5.56 Å². The van der Waals surface area contributed by atoms with E-state index in [0.29, 0.717) is 18.7 Å². The minimum atomic E-state index is -0.478. The van der Waals surface area contributed by atoms with Crippen molar-refractivity contribution in [1.82, 2.24) is 10.2 Å². The molecule has 22 heavy (non-hydrogen) atoms. The van der Waals surface area contributed by atoms with Crippen LogP contribution in [0.4, 0.5) is 0 Å². The van der Waals surface area contributed by atoms with E-state index in [1.54, 1.807) is 29.2 Å². The Kier molecular flexibility index (Phi) is 4.80. The zero-order valence-electron chi connectivity index (χ0n) is 12.8. The minimum Gasteiger partial charge on any atom is -0.366 e. The first-order valence-corrected chi connectivity index (χ1v) is 7.34. The first-order valence-electron chi connectivity index (χ1n) is 7.34. The molecule has 1 aromatic rings. The zero-order valence-corrected chi connectivity index (χ0v) is 12.8. The van der Waals surface area contributed by atoms with Crippen LogP contribution in [0.2, 0.25) is 0 Å². The summed E-state index contributed by atoms with van der Waals surface area (Å²) in [6.45, 7) is 4.73. The molecule has 1 heterocycles. The van der Waals surface area contributed by atoms with Crippen LogP contribution in [0, 0.1) is 5.92 Å². The predicted molar refractivity (Wildman–Crippen MR) is 81.8 cm³/mol. The summed E-state index contributed by atoms with van der Waals surface area (Å²) in [7, 11) is 0. The van der Waals surface area contributed by atoms with Crippen molar-refractivity contribution < 1.29 is 14.4 Å². The molecular weight excluding hydrogens is 282 g/mol. The van der Waals surface area contributed by atoms with Gasteiger partial charge in [-0.1, -0.05) is 12.1 Å². The highest BCUT2D eigenvalue weighted by Gasteiger charge is 2.35. The number of primary amides is 1. The van der Waals surface area contributed by atoms with E-state index in [9.17, 15) is 14.4 Å². The van der Waals surface area contributed by atoms with Gasteiger partial charge in [-0.25, -0.2) is 0 Å². The molecule has 0 bridgehead atoms. The second kappa shape index (κ2) is 6.60. The standard InChI is InChI=1S/C16H21N3O3/c1-10(2)19-9-13(7-14(19)20)16(22)18-8-11-3-5-12(6-4-11)15(17)21/h3-6,10,13H,7-9H2,1-2H3,(H2,17,21)(H,18,22). The average molecular weight is 303 g/mol. The summed E-state index contributed by atoms with van der Waals surface area (Å²) in [6.07, 6.45) is 0.268. The van der Waals surface area contributed by atoms with Gasteiger partial charge < -0.3 is 16.0 Å². The number of nitrogens with one attached hydrogen (secondary N) is 1. The second-order valence-electron chi connectivity index (χ2n) is 5.82. The number of benzene rings is 1. The Bertz CT molecular complexity index is 581. The molecule has 3 amide bonds. The van der Waals surface area contributed by atoms with Gasteiger partial charge in [0.1, 0.15) is 0 Å². The molecule has 6 heteroatoms. The first kappa shape index (κ1) is 16.0. The maximum atomic E-state index is 12.1. The van der Waals surface area contributed by atoms with Crippen molar-refractivity contribution in [2.45, 2.75) is 32.9 Å². The lowest BCUT2D eigenvalue weighted by Crippen LogP contribution is -2.35. The number of hydrogen-bond acceptors (Lipinski definition) is 3. The number of amides is 3. The van der Waals surface area contributed by atoms with Gasteiger partial charge in [-0.05, 0) is 31.5 Å². The van der Waals surface area contributed by atoms with Crippen molar-refractivity contribution in [3.05, 3.63) is 35.4 Å². The molecule has 0 spiro atoms. The van der Waals surface area contributed by atoms with Gasteiger partial charge in [0.15, 0.2) is 0 Å². The fourth-order valence-corrected chi connectivity index (χ4v) is 2.53. The topological polar surface area (TPSA) is 92.5 Å². The second-order valence-corrected chi connectivity index (χ2v) is 5.82. The largest absolute Gasteiger partial charge is 0.366 e. The first-order chi connectivity index (χ1) is 10.4. The summed E-state index contributed by atoms with van der Waals surface area (Å²) in [5.74, 6) is -0.856. The van der Waals surface area contributed by atoms with Crippen LogP contribution in [0.25, 0.3) is 0 Å². The van der Waals surface area contributed by atoms with E-state index < -0.39 is 5.91 Å². The van der Waals surface area contributed by atoms with Crippen molar-refractivity contribution in [3.8, 4) is 0 Å². The van der Waals surface area contributed by atoms with Crippen molar-refractivity contribution in [2.75, 3.05) is 6.54 Å². The monoisotopic (exact) mass is 303 g/mol. The molecule has 1 saturated heterocycles. The van der Waals surface area contributed by atoms with Crippen LogP contribution in [-0.4, -0.2) is 35.2 Å². The quantitative estimate of drug-likeness (QED) is 0.837. The molecule has 6 nitrogen and oxygen atoms in total. The number of likely N-dealkylation sites (tertiary alicyclic amines) is 1. The van der Waals surface area contributed by atoms with E-state index in [2.05, 4.69) is 5.32 Å². The van der Waals surface area contributed by atoms with Crippen LogP contribution in [-0.2, 0) is 16.1 Å². The molecule has 1 unspecified atom stereocenters. The van der Waals surface area contributed by atoms with Crippen molar-refractivity contribution >= 4 is 17.7 Å². The predicted octanol–water partition coefficient (Wildman–Crippen LogP) is 0.659. The Morgan fingerprint density at radius 1 is 1.32 bits per heavy atom. The number of carbonyl (C=O) groups is 3. The fraction of sp³-hybridized carbons (Fsp3) is 0.438. The molecule has 0 saturated carbocycles. The molecule has 0 radical (unpaired) electrons. The van der Waals surface area contributed by atoms with Gasteiger partial charge in [0.25, 0.3) is 0 Å². The van der Waals surface area contributed by atoms with E-state index in [4.69, 9.17) is 5.73 Å².